The molecule has 2 heterocycles. The summed E-state index contributed by atoms with van der Waals surface area (Å²) >= 11 is 0. The number of hydrogen-bond acceptors (Lipinski definition) is 4. The summed E-state index contributed by atoms with van der Waals surface area (Å²) < 4.78 is 5.28. The molecule has 0 spiro atoms. The number of halogens is 1. The van der Waals surface area contributed by atoms with Crippen LogP contribution in [0.5, 0.6) is 5.75 Å². The number of aliphatic imine (C=N–C) groups is 1. The number of hydrogen-bond donors (Lipinski definition) is 1. The summed E-state index contributed by atoms with van der Waals surface area (Å²) in [5.41, 5.74) is 1.39. The molecule has 2 aliphatic rings. The van der Waals surface area contributed by atoms with Crippen LogP contribution in [0, 0.1) is 0 Å². The van der Waals surface area contributed by atoms with Crippen LogP contribution in [0.25, 0.3) is 0 Å². The first-order valence-electron chi connectivity index (χ1n) is 10.7. The van der Waals surface area contributed by atoms with Crippen LogP contribution in [0.15, 0.2) is 29.3 Å². The minimum atomic E-state index is 0. The van der Waals surface area contributed by atoms with E-state index in [1.54, 1.807) is 7.11 Å². The van der Waals surface area contributed by atoms with Gasteiger partial charge >= 0.3 is 0 Å². The number of nitrogens with one attached hydrogen (secondary N) is 1. The fourth-order valence-electron chi connectivity index (χ4n) is 4.32. The van der Waals surface area contributed by atoms with Crippen LogP contribution in [0.4, 0.5) is 0 Å². The molecule has 0 amide bonds. The van der Waals surface area contributed by atoms with E-state index in [1.807, 2.05) is 7.05 Å². The van der Waals surface area contributed by atoms with Crippen molar-refractivity contribution >= 4 is 29.9 Å². The predicted molar refractivity (Wildman–Crippen MR) is 132 cm³/mol. The van der Waals surface area contributed by atoms with Gasteiger partial charge < -0.3 is 19.9 Å². The average molecular weight is 515 g/mol. The Kier molecular flexibility index (Phi) is 9.98. The molecule has 2 fully saturated rings. The fourth-order valence-corrected chi connectivity index (χ4v) is 4.32. The smallest absolute Gasteiger partial charge is 0.193 e. The lowest BCUT2D eigenvalue weighted by Crippen LogP contribution is -2.53. The van der Waals surface area contributed by atoms with E-state index in [9.17, 15) is 0 Å². The number of piperazine rings is 1. The van der Waals surface area contributed by atoms with Crippen molar-refractivity contribution in [2.75, 3.05) is 66.5 Å². The van der Waals surface area contributed by atoms with E-state index < -0.39 is 0 Å². The van der Waals surface area contributed by atoms with Crippen molar-refractivity contribution in [3.05, 3.63) is 29.8 Å². The van der Waals surface area contributed by atoms with Gasteiger partial charge in [0.2, 0.25) is 0 Å². The van der Waals surface area contributed by atoms with Gasteiger partial charge in [-0.1, -0.05) is 19.1 Å². The Morgan fingerprint density at radius 2 is 1.86 bits per heavy atom. The van der Waals surface area contributed by atoms with E-state index in [-0.39, 0.29) is 24.0 Å². The second-order valence-corrected chi connectivity index (χ2v) is 7.95. The molecule has 0 aromatic heterocycles. The van der Waals surface area contributed by atoms with Crippen LogP contribution in [0.2, 0.25) is 0 Å². The summed E-state index contributed by atoms with van der Waals surface area (Å²) in [6.45, 7) is 13.5. The molecular formula is C22H38IN5O. The summed E-state index contributed by atoms with van der Waals surface area (Å²) in [6, 6.07) is 9.04. The Morgan fingerprint density at radius 1 is 1.17 bits per heavy atom. The fraction of sp³-hybridized carbons (Fsp3) is 0.682. The average Bonchev–Trinajstić information content (AvgIpc) is 3.24. The van der Waals surface area contributed by atoms with Gasteiger partial charge in [-0.15, -0.1) is 24.0 Å². The van der Waals surface area contributed by atoms with Gasteiger partial charge in [0.1, 0.15) is 5.75 Å². The Hall–Kier alpha value is -1.06. The minimum Gasteiger partial charge on any atom is -0.497 e. The molecule has 2 saturated heterocycles. The normalized spacial score (nSPS) is 22.3. The lowest BCUT2D eigenvalue weighted by atomic mass is 9.98. The number of likely N-dealkylation sites (tertiary alicyclic amines) is 1. The summed E-state index contributed by atoms with van der Waals surface area (Å²) in [5, 5.41) is 3.62. The number of ether oxygens (including phenoxy) is 1. The minimum absolute atomic E-state index is 0. The Morgan fingerprint density at radius 3 is 2.45 bits per heavy atom. The largest absolute Gasteiger partial charge is 0.497 e. The van der Waals surface area contributed by atoms with E-state index in [0.717, 1.165) is 37.9 Å². The summed E-state index contributed by atoms with van der Waals surface area (Å²) in [5.74, 6) is 2.52. The molecule has 1 N–H and O–H groups in total. The van der Waals surface area contributed by atoms with Crippen LogP contribution >= 0.6 is 24.0 Å². The van der Waals surface area contributed by atoms with Crippen LogP contribution in [0.1, 0.15) is 31.7 Å². The SMILES string of the molecule is CCN1CCN(C(C)CNC(=NC)N2CCC(c3ccc(OC)cc3)C2)CC1.I. The molecule has 2 atom stereocenters. The molecular weight excluding hydrogens is 477 g/mol. The lowest BCUT2D eigenvalue weighted by molar-refractivity contribution is 0.107. The highest BCUT2D eigenvalue weighted by Gasteiger charge is 2.27. The van der Waals surface area contributed by atoms with E-state index >= 15 is 0 Å². The molecule has 2 unspecified atom stereocenters. The molecule has 1 aromatic rings. The maximum Gasteiger partial charge on any atom is 0.193 e. The number of methoxy groups -OCH3 is 1. The molecule has 3 rings (SSSR count). The quantitative estimate of drug-likeness (QED) is 0.359. The zero-order valence-electron chi connectivity index (χ0n) is 18.4. The van der Waals surface area contributed by atoms with E-state index in [1.165, 1.54) is 38.2 Å². The number of nitrogens with zero attached hydrogens (tertiary/aromatic N) is 4. The maximum absolute atomic E-state index is 5.28. The molecule has 29 heavy (non-hydrogen) atoms. The number of guanidine groups is 1. The van der Waals surface area contributed by atoms with Gasteiger partial charge in [-0.25, -0.2) is 0 Å². The summed E-state index contributed by atoms with van der Waals surface area (Å²) in [7, 11) is 3.61. The first-order chi connectivity index (χ1) is 13.6. The molecule has 164 valence electrons. The Bertz CT molecular complexity index is 631. The highest BCUT2D eigenvalue weighted by Crippen LogP contribution is 2.28. The number of rotatable bonds is 6. The van der Waals surface area contributed by atoms with Crippen LogP contribution in [0.3, 0.4) is 0 Å². The number of likely N-dealkylation sites (N-methyl/N-ethyl adjacent to an activating group) is 1. The molecule has 0 saturated carbocycles. The molecule has 0 bridgehead atoms. The third-order valence-corrected chi connectivity index (χ3v) is 6.32. The van der Waals surface area contributed by atoms with Crippen LogP contribution < -0.4 is 10.1 Å². The zero-order valence-corrected chi connectivity index (χ0v) is 20.8. The highest BCUT2D eigenvalue weighted by atomic mass is 127. The van der Waals surface area contributed by atoms with E-state index in [4.69, 9.17) is 4.74 Å². The predicted octanol–water partition coefficient (Wildman–Crippen LogP) is 2.70. The zero-order chi connectivity index (χ0) is 19.9. The van der Waals surface area contributed by atoms with Gasteiger partial charge in [0.15, 0.2) is 5.96 Å². The molecule has 7 heteroatoms. The monoisotopic (exact) mass is 515 g/mol. The van der Waals surface area contributed by atoms with E-state index in [2.05, 4.69) is 63.1 Å². The van der Waals surface area contributed by atoms with Gasteiger partial charge in [0.25, 0.3) is 0 Å². The van der Waals surface area contributed by atoms with Gasteiger partial charge in [-0.3, -0.25) is 9.89 Å². The summed E-state index contributed by atoms with van der Waals surface area (Å²) in [4.78, 5) is 12.1. The van der Waals surface area contributed by atoms with Crippen LogP contribution in [-0.4, -0.2) is 93.2 Å². The van der Waals surface area contributed by atoms with Crippen molar-refractivity contribution in [3.8, 4) is 5.75 Å². The standard InChI is InChI=1S/C22H37N5O.HI/c1-5-25-12-14-26(15-13-25)18(2)16-24-22(23-3)27-11-10-20(17-27)19-6-8-21(28-4)9-7-19;/h6-9,18,20H,5,10-17H2,1-4H3,(H,23,24);1H. The molecule has 0 radical (unpaired) electrons. The second kappa shape index (κ2) is 12.0. The topological polar surface area (TPSA) is 43.3 Å². The van der Waals surface area contributed by atoms with Crippen molar-refractivity contribution in [2.24, 2.45) is 4.99 Å². The van der Waals surface area contributed by atoms with Gasteiger partial charge in [0, 0.05) is 64.8 Å². The van der Waals surface area contributed by atoms with Crippen molar-refractivity contribution in [1.82, 2.24) is 20.0 Å². The maximum atomic E-state index is 5.28. The van der Waals surface area contributed by atoms with E-state index in [0.29, 0.717) is 12.0 Å². The third kappa shape index (κ3) is 6.46. The lowest BCUT2D eigenvalue weighted by Gasteiger charge is -2.38. The first-order valence-corrected chi connectivity index (χ1v) is 10.7. The van der Waals surface area contributed by atoms with Crippen molar-refractivity contribution in [2.45, 2.75) is 32.2 Å². The Balaban J connectivity index is 0.00000300. The van der Waals surface area contributed by atoms with Gasteiger partial charge in [0.05, 0.1) is 7.11 Å². The van der Waals surface area contributed by atoms with Gasteiger partial charge in [-0.2, -0.15) is 0 Å². The molecule has 0 aliphatic carbocycles. The number of benzene rings is 1. The van der Waals surface area contributed by atoms with Crippen molar-refractivity contribution in [3.63, 3.8) is 0 Å². The molecule has 2 aliphatic heterocycles. The van der Waals surface area contributed by atoms with Gasteiger partial charge in [-0.05, 0) is 37.6 Å². The molecule has 6 nitrogen and oxygen atoms in total. The highest BCUT2D eigenvalue weighted by molar-refractivity contribution is 14.0. The third-order valence-electron chi connectivity index (χ3n) is 6.32. The second-order valence-electron chi connectivity index (χ2n) is 7.95. The molecule has 1 aromatic carbocycles. The summed E-state index contributed by atoms with van der Waals surface area (Å²) in [6.07, 6.45) is 1.17. The Labute approximate surface area is 193 Å². The van der Waals surface area contributed by atoms with Crippen LogP contribution in [-0.2, 0) is 0 Å². The first kappa shape index (κ1) is 24.2. The van der Waals surface area contributed by atoms with Crippen molar-refractivity contribution < 1.29 is 4.74 Å². The van der Waals surface area contributed by atoms with Crippen molar-refractivity contribution in [1.29, 1.82) is 0 Å².